The van der Waals surface area contributed by atoms with E-state index < -0.39 is 22.1 Å². The molecule has 2 aromatic heterocycles. The van der Waals surface area contributed by atoms with Crippen molar-refractivity contribution in [1.82, 2.24) is 14.3 Å². The van der Waals surface area contributed by atoms with Gasteiger partial charge in [0, 0.05) is 24.3 Å². The Morgan fingerprint density at radius 1 is 1.17 bits per heavy atom. The number of ether oxygens (including phenoxy) is 1. The summed E-state index contributed by atoms with van der Waals surface area (Å²) in [4.78, 5) is 4.09. The molecule has 3 aromatic rings. The van der Waals surface area contributed by atoms with Gasteiger partial charge in [0.25, 0.3) is 10.0 Å². The van der Waals surface area contributed by atoms with E-state index in [4.69, 9.17) is 0 Å². The maximum Gasteiger partial charge on any atom is 0.573 e. The van der Waals surface area contributed by atoms with Crippen molar-refractivity contribution < 1.29 is 26.3 Å². The minimum absolute atomic E-state index is 0.150. The molecular formula is C19H18F3N3O3S. The molecule has 1 unspecified atom stereocenters. The van der Waals surface area contributed by atoms with E-state index in [0.29, 0.717) is 5.65 Å². The fraction of sp³-hybridized carbons (Fsp3) is 0.316. The molecule has 1 aromatic carbocycles. The molecule has 0 spiro atoms. The van der Waals surface area contributed by atoms with Crippen molar-refractivity contribution in [3.05, 3.63) is 54.4 Å². The number of alkyl halides is 3. The Morgan fingerprint density at radius 2 is 1.93 bits per heavy atom. The van der Waals surface area contributed by atoms with Crippen molar-refractivity contribution in [3.63, 3.8) is 0 Å². The lowest BCUT2D eigenvalue weighted by Crippen LogP contribution is -2.28. The van der Waals surface area contributed by atoms with E-state index in [2.05, 4.69) is 15.0 Å². The molecule has 0 radical (unpaired) electrons. The summed E-state index contributed by atoms with van der Waals surface area (Å²) >= 11 is 0. The predicted octanol–water partition coefficient (Wildman–Crippen LogP) is 3.64. The van der Waals surface area contributed by atoms with Crippen molar-refractivity contribution in [2.45, 2.75) is 30.0 Å². The molecule has 0 bridgehead atoms. The lowest BCUT2D eigenvalue weighted by molar-refractivity contribution is -0.274. The maximum absolute atomic E-state index is 13.2. The number of nitrogens with one attached hydrogen (secondary N) is 1. The summed E-state index contributed by atoms with van der Waals surface area (Å²) in [5, 5.41) is 4.07. The lowest BCUT2D eigenvalue weighted by atomic mass is 9.92. The van der Waals surface area contributed by atoms with Crippen molar-refractivity contribution in [1.29, 1.82) is 0 Å². The van der Waals surface area contributed by atoms with Crippen LogP contribution in [0.1, 0.15) is 24.3 Å². The molecule has 154 valence electrons. The van der Waals surface area contributed by atoms with Gasteiger partial charge in [-0.05, 0) is 67.3 Å². The van der Waals surface area contributed by atoms with Crippen LogP contribution in [0, 0.1) is 0 Å². The van der Waals surface area contributed by atoms with E-state index in [-0.39, 0.29) is 10.8 Å². The highest BCUT2D eigenvalue weighted by atomic mass is 32.2. The van der Waals surface area contributed by atoms with Crippen LogP contribution in [0.5, 0.6) is 5.75 Å². The van der Waals surface area contributed by atoms with Gasteiger partial charge in [-0.1, -0.05) is 0 Å². The first kappa shape index (κ1) is 19.7. The highest BCUT2D eigenvalue weighted by Crippen LogP contribution is 2.33. The maximum atomic E-state index is 13.2. The smallest absolute Gasteiger partial charge is 0.406 e. The molecule has 0 amide bonds. The van der Waals surface area contributed by atoms with Crippen molar-refractivity contribution in [3.8, 4) is 5.75 Å². The van der Waals surface area contributed by atoms with Crippen molar-refractivity contribution >= 4 is 21.1 Å². The summed E-state index contributed by atoms with van der Waals surface area (Å²) in [7, 11) is -4.05. The fourth-order valence-corrected chi connectivity index (χ4v) is 4.94. The van der Waals surface area contributed by atoms with Crippen LogP contribution in [0.25, 0.3) is 11.0 Å². The Hall–Kier alpha value is -2.59. The summed E-state index contributed by atoms with van der Waals surface area (Å²) in [6.07, 6.45) is 0.168. The van der Waals surface area contributed by atoms with Crippen LogP contribution in [0.3, 0.4) is 0 Å². The van der Waals surface area contributed by atoms with E-state index in [1.807, 2.05) is 6.07 Å². The van der Waals surface area contributed by atoms with Crippen LogP contribution in [0.4, 0.5) is 13.2 Å². The van der Waals surface area contributed by atoms with Crippen LogP contribution in [0.2, 0.25) is 0 Å². The monoisotopic (exact) mass is 425 g/mol. The summed E-state index contributed by atoms with van der Waals surface area (Å²) in [5.41, 5.74) is 1.18. The van der Waals surface area contributed by atoms with Crippen LogP contribution in [-0.2, 0) is 10.0 Å². The zero-order chi connectivity index (χ0) is 20.6. The van der Waals surface area contributed by atoms with Gasteiger partial charge in [0.2, 0.25) is 0 Å². The van der Waals surface area contributed by atoms with Crippen molar-refractivity contribution in [2.24, 2.45) is 0 Å². The van der Waals surface area contributed by atoms with E-state index in [0.717, 1.165) is 65.1 Å². The van der Waals surface area contributed by atoms with Crippen LogP contribution in [0.15, 0.2) is 53.7 Å². The second kappa shape index (κ2) is 7.34. The molecule has 3 heterocycles. The molecule has 0 aliphatic carbocycles. The molecule has 1 atom stereocenters. The first-order valence-electron chi connectivity index (χ1n) is 9.04. The second-order valence-electron chi connectivity index (χ2n) is 6.82. The van der Waals surface area contributed by atoms with E-state index in [1.54, 1.807) is 12.3 Å². The van der Waals surface area contributed by atoms with Crippen LogP contribution >= 0.6 is 0 Å². The number of pyridine rings is 1. The number of halogens is 3. The largest absolute Gasteiger partial charge is 0.573 e. The summed E-state index contributed by atoms with van der Waals surface area (Å²) < 4.78 is 68.3. The quantitative estimate of drug-likeness (QED) is 0.691. The number of nitrogens with zero attached hydrogens (tertiary/aromatic N) is 2. The standard InChI is InChI=1S/C19H18F3N3O3S/c20-19(21,22)28-14-5-7-15(8-6-14)29(26,27)25-12-17(13-3-1-9-23-11-13)16-4-2-10-24-18(16)25/h2,4-8,10,12-13,23H,1,3,9,11H2. The van der Waals surface area contributed by atoms with Gasteiger partial charge in [-0.2, -0.15) is 0 Å². The molecule has 10 heteroatoms. The average Bonchev–Trinajstić information content (AvgIpc) is 3.08. The minimum atomic E-state index is -4.84. The van der Waals surface area contributed by atoms with Crippen LogP contribution in [-0.4, -0.2) is 36.8 Å². The number of hydrogen-bond donors (Lipinski definition) is 1. The number of rotatable bonds is 4. The summed E-state index contributed by atoms with van der Waals surface area (Å²) in [6, 6.07) is 7.72. The zero-order valence-corrected chi connectivity index (χ0v) is 16.0. The Kier molecular flexibility index (Phi) is 4.99. The minimum Gasteiger partial charge on any atom is -0.406 e. The Bertz CT molecular complexity index is 1120. The molecule has 0 saturated carbocycles. The third-order valence-electron chi connectivity index (χ3n) is 4.91. The molecule has 1 aliphatic rings. The lowest BCUT2D eigenvalue weighted by Gasteiger charge is -2.22. The van der Waals surface area contributed by atoms with Gasteiger partial charge >= 0.3 is 6.36 Å². The highest BCUT2D eigenvalue weighted by Gasteiger charge is 2.31. The third kappa shape index (κ3) is 3.95. The fourth-order valence-electron chi connectivity index (χ4n) is 3.61. The third-order valence-corrected chi connectivity index (χ3v) is 6.58. The predicted molar refractivity (Wildman–Crippen MR) is 100 cm³/mol. The Labute approximate surface area is 165 Å². The Balaban J connectivity index is 1.75. The number of benzene rings is 1. The van der Waals surface area contributed by atoms with Gasteiger partial charge in [-0.15, -0.1) is 13.2 Å². The molecule has 1 N–H and O–H groups in total. The molecule has 29 heavy (non-hydrogen) atoms. The van der Waals surface area contributed by atoms with Gasteiger partial charge in [-0.25, -0.2) is 17.4 Å². The van der Waals surface area contributed by atoms with Crippen molar-refractivity contribution in [2.75, 3.05) is 13.1 Å². The first-order valence-corrected chi connectivity index (χ1v) is 10.5. The number of fused-ring (bicyclic) bond motifs is 1. The van der Waals surface area contributed by atoms with E-state index in [1.165, 1.54) is 6.20 Å². The molecule has 4 rings (SSSR count). The summed E-state index contributed by atoms with van der Waals surface area (Å²) in [6.45, 7) is 1.68. The summed E-state index contributed by atoms with van der Waals surface area (Å²) in [5.74, 6) is -0.324. The van der Waals surface area contributed by atoms with E-state index in [9.17, 15) is 21.6 Å². The molecule has 6 nitrogen and oxygen atoms in total. The topological polar surface area (TPSA) is 73.2 Å². The average molecular weight is 425 g/mol. The first-order chi connectivity index (χ1) is 13.8. The number of hydrogen-bond acceptors (Lipinski definition) is 5. The molecule has 1 aliphatic heterocycles. The number of piperidine rings is 1. The zero-order valence-electron chi connectivity index (χ0n) is 15.2. The van der Waals surface area contributed by atoms with Gasteiger partial charge in [-0.3, -0.25) is 0 Å². The van der Waals surface area contributed by atoms with E-state index >= 15 is 0 Å². The SMILES string of the molecule is O=S(=O)(c1ccc(OC(F)(F)F)cc1)n1cc(C2CCCNC2)c2cccnc21. The van der Waals surface area contributed by atoms with Gasteiger partial charge in [0.05, 0.1) is 4.90 Å². The van der Waals surface area contributed by atoms with Gasteiger partial charge in [0.1, 0.15) is 5.75 Å². The normalized spacial score (nSPS) is 18.1. The highest BCUT2D eigenvalue weighted by molar-refractivity contribution is 7.90. The molecule has 1 fully saturated rings. The molecule has 1 saturated heterocycles. The van der Waals surface area contributed by atoms with Crippen LogP contribution < -0.4 is 10.1 Å². The van der Waals surface area contributed by atoms with Gasteiger partial charge in [0.15, 0.2) is 5.65 Å². The van der Waals surface area contributed by atoms with Gasteiger partial charge < -0.3 is 10.1 Å². The Morgan fingerprint density at radius 3 is 2.59 bits per heavy atom. The second-order valence-corrected chi connectivity index (χ2v) is 8.64. The molecular weight excluding hydrogens is 407 g/mol. The number of aromatic nitrogens is 2.